The molecule has 0 aromatic carbocycles. The molecule has 106 valence electrons. The highest BCUT2D eigenvalue weighted by Gasteiger charge is 2.44. The Labute approximate surface area is 118 Å². The van der Waals surface area contributed by atoms with Crippen molar-refractivity contribution in [3.8, 4) is 0 Å². The highest BCUT2D eigenvalue weighted by molar-refractivity contribution is 5.96. The van der Waals surface area contributed by atoms with E-state index in [0.29, 0.717) is 11.0 Å². The van der Waals surface area contributed by atoms with E-state index in [1.165, 1.54) is 19.0 Å². The Morgan fingerprint density at radius 1 is 1.25 bits per heavy atom. The Balaban J connectivity index is 1.46. The van der Waals surface area contributed by atoms with Crippen molar-refractivity contribution in [1.82, 2.24) is 15.2 Å². The van der Waals surface area contributed by atoms with Crippen LogP contribution in [-0.2, 0) is 4.79 Å². The van der Waals surface area contributed by atoms with Gasteiger partial charge in [0.15, 0.2) is 0 Å². The lowest BCUT2D eigenvalue weighted by molar-refractivity contribution is -0.131. The van der Waals surface area contributed by atoms with Crippen LogP contribution in [0, 0.1) is 5.41 Å². The maximum atomic E-state index is 12.1. The highest BCUT2D eigenvalue weighted by Crippen LogP contribution is 2.53. The van der Waals surface area contributed by atoms with Crippen LogP contribution >= 0.6 is 0 Å². The zero-order valence-electron chi connectivity index (χ0n) is 11.5. The molecule has 2 amide bonds. The van der Waals surface area contributed by atoms with Crippen LogP contribution < -0.4 is 5.32 Å². The minimum Gasteiger partial charge on any atom is -0.343 e. The minimum absolute atomic E-state index is 0.0118. The molecule has 0 bridgehead atoms. The molecule has 3 rings (SSSR count). The summed E-state index contributed by atoms with van der Waals surface area (Å²) in [5, 5.41) is 2.66. The number of rotatable bonds is 3. The first-order valence-electron chi connectivity index (χ1n) is 7.15. The van der Waals surface area contributed by atoms with Gasteiger partial charge in [-0.05, 0) is 43.2 Å². The zero-order chi connectivity index (χ0) is 14.0. The number of carbonyl (C=O) groups excluding carboxylic acids is 2. The van der Waals surface area contributed by atoms with Gasteiger partial charge in [-0.3, -0.25) is 14.6 Å². The first-order chi connectivity index (χ1) is 9.69. The summed E-state index contributed by atoms with van der Waals surface area (Å²) in [6.45, 7) is 1.74. The van der Waals surface area contributed by atoms with E-state index in [9.17, 15) is 9.59 Å². The quantitative estimate of drug-likeness (QED) is 0.900. The number of nitrogens with zero attached hydrogens (tertiary/aromatic N) is 2. The molecule has 1 aliphatic carbocycles. The second kappa shape index (κ2) is 5.23. The zero-order valence-corrected chi connectivity index (χ0v) is 11.5. The summed E-state index contributed by atoms with van der Waals surface area (Å²) in [5.74, 6) is -0.236. The van der Waals surface area contributed by atoms with Crippen molar-refractivity contribution in [3.05, 3.63) is 30.1 Å². The van der Waals surface area contributed by atoms with Crippen molar-refractivity contribution < 1.29 is 9.59 Å². The van der Waals surface area contributed by atoms with Gasteiger partial charge in [0.05, 0.1) is 12.1 Å². The minimum atomic E-state index is -0.248. The fourth-order valence-corrected chi connectivity index (χ4v) is 2.77. The molecule has 5 heteroatoms. The molecule has 1 saturated heterocycles. The van der Waals surface area contributed by atoms with Crippen LogP contribution in [0.5, 0.6) is 0 Å². The van der Waals surface area contributed by atoms with E-state index in [0.717, 1.165) is 25.9 Å². The van der Waals surface area contributed by atoms with Crippen molar-refractivity contribution in [3.63, 3.8) is 0 Å². The van der Waals surface area contributed by atoms with E-state index in [2.05, 4.69) is 10.3 Å². The molecule has 2 aliphatic rings. The van der Waals surface area contributed by atoms with Crippen LogP contribution in [0.4, 0.5) is 0 Å². The Kier molecular flexibility index (Phi) is 3.42. The lowest BCUT2D eigenvalue weighted by Gasteiger charge is -2.32. The van der Waals surface area contributed by atoms with Crippen LogP contribution in [0.1, 0.15) is 36.0 Å². The molecule has 2 fully saturated rings. The summed E-state index contributed by atoms with van der Waals surface area (Å²) in [5.41, 5.74) is 1.05. The van der Waals surface area contributed by atoms with Gasteiger partial charge in [-0.2, -0.15) is 0 Å². The molecule has 2 heterocycles. The molecular formula is C15H19N3O2. The third-order valence-corrected chi connectivity index (χ3v) is 4.46. The van der Waals surface area contributed by atoms with E-state index >= 15 is 0 Å². The second-order valence-corrected chi connectivity index (χ2v) is 5.81. The molecule has 0 unspecified atom stereocenters. The molecule has 1 aliphatic heterocycles. The monoisotopic (exact) mass is 273 g/mol. The Morgan fingerprint density at radius 2 is 2.00 bits per heavy atom. The van der Waals surface area contributed by atoms with Crippen LogP contribution in [0.3, 0.4) is 0 Å². The van der Waals surface area contributed by atoms with Gasteiger partial charge in [-0.15, -0.1) is 0 Å². The smallest absolute Gasteiger partial charge is 0.253 e. The van der Waals surface area contributed by atoms with E-state index in [1.807, 2.05) is 4.90 Å². The standard InChI is InChI=1S/C15H19N3O2/c19-13(18-8-5-15(3-4-15)6-9-18)11-17-14(20)12-2-1-7-16-10-12/h1-2,7,10H,3-6,8-9,11H2,(H,17,20). The molecule has 5 nitrogen and oxygen atoms in total. The van der Waals surface area contributed by atoms with Crippen molar-refractivity contribution in [2.75, 3.05) is 19.6 Å². The van der Waals surface area contributed by atoms with Crippen molar-refractivity contribution >= 4 is 11.8 Å². The second-order valence-electron chi connectivity index (χ2n) is 5.81. The van der Waals surface area contributed by atoms with Crippen LogP contribution in [-0.4, -0.2) is 41.3 Å². The lowest BCUT2D eigenvalue weighted by Crippen LogP contribution is -2.44. The van der Waals surface area contributed by atoms with Crippen molar-refractivity contribution in [2.24, 2.45) is 5.41 Å². The Hall–Kier alpha value is -1.91. The lowest BCUT2D eigenvalue weighted by atomic mass is 9.94. The maximum absolute atomic E-state index is 12.1. The number of pyridine rings is 1. The Morgan fingerprint density at radius 3 is 2.60 bits per heavy atom. The number of amides is 2. The average molecular weight is 273 g/mol. The molecule has 0 atom stereocenters. The summed E-state index contributed by atoms with van der Waals surface area (Å²) >= 11 is 0. The van der Waals surface area contributed by atoms with E-state index < -0.39 is 0 Å². The number of aromatic nitrogens is 1. The average Bonchev–Trinajstić information content (AvgIpc) is 3.25. The predicted octanol–water partition coefficient (Wildman–Crippen LogP) is 1.21. The third kappa shape index (κ3) is 2.81. The number of piperidine rings is 1. The molecule has 1 spiro atoms. The number of nitrogens with one attached hydrogen (secondary N) is 1. The number of carbonyl (C=O) groups is 2. The fraction of sp³-hybridized carbons (Fsp3) is 0.533. The summed E-state index contributed by atoms with van der Waals surface area (Å²) in [7, 11) is 0. The van der Waals surface area contributed by atoms with E-state index in [4.69, 9.17) is 0 Å². The number of hydrogen-bond donors (Lipinski definition) is 1. The third-order valence-electron chi connectivity index (χ3n) is 4.46. The topological polar surface area (TPSA) is 62.3 Å². The fourth-order valence-electron chi connectivity index (χ4n) is 2.77. The summed E-state index contributed by atoms with van der Waals surface area (Å²) in [6, 6.07) is 3.39. The van der Waals surface area contributed by atoms with Gasteiger partial charge in [0.1, 0.15) is 0 Å². The molecule has 0 radical (unpaired) electrons. The summed E-state index contributed by atoms with van der Waals surface area (Å²) in [4.78, 5) is 29.6. The molecule has 1 aromatic rings. The SMILES string of the molecule is O=C(NCC(=O)N1CCC2(CC1)CC2)c1cccnc1. The van der Waals surface area contributed by atoms with Gasteiger partial charge in [-0.1, -0.05) is 0 Å². The summed E-state index contributed by atoms with van der Waals surface area (Å²) < 4.78 is 0. The van der Waals surface area contributed by atoms with Crippen LogP contribution in [0.25, 0.3) is 0 Å². The van der Waals surface area contributed by atoms with Crippen molar-refractivity contribution in [1.29, 1.82) is 0 Å². The number of likely N-dealkylation sites (tertiary alicyclic amines) is 1. The van der Waals surface area contributed by atoms with Gasteiger partial charge in [-0.25, -0.2) is 0 Å². The Bertz CT molecular complexity index is 501. The molecule has 1 N–H and O–H groups in total. The van der Waals surface area contributed by atoms with Gasteiger partial charge >= 0.3 is 0 Å². The number of hydrogen-bond acceptors (Lipinski definition) is 3. The molecule has 20 heavy (non-hydrogen) atoms. The van der Waals surface area contributed by atoms with Gasteiger partial charge < -0.3 is 10.2 Å². The maximum Gasteiger partial charge on any atom is 0.253 e. The summed E-state index contributed by atoms with van der Waals surface area (Å²) in [6.07, 6.45) is 8.01. The first-order valence-corrected chi connectivity index (χ1v) is 7.15. The molecular weight excluding hydrogens is 254 g/mol. The van der Waals surface area contributed by atoms with Gasteiger partial charge in [0, 0.05) is 25.5 Å². The normalized spacial score (nSPS) is 19.7. The van der Waals surface area contributed by atoms with E-state index in [1.54, 1.807) is 18.3 Å². The van der Waals surface area contributed by atoms with Crippen LogP contribution in [0.15, 0.2) is 24.5 Å². The first kappa shape index (κ1) is 13.1. The van der Waals surface area contributed by atoms with Crippen LogP contribution in [0.2, 0.25) is 0 Å². The van der Waals surface area contributed by atoms with Crippen molar-refractivity contribution in [2.45, 2.75) is 25.7 Å². The largest absolute Gasteiger partial charge is 0.343 e. The highest BCUT2D eigenvalue weighted by atomic mass is 16.2. The molecule has 1 aromatic heterocycles. The predicted molar refractivity (Wildman–Crippen MR) is 74.1 cm³/mol. The van der Waals surface area contributed by atoms with Gasteiger partial charge in [0.2, 0.25) is 5.91 Å². The van der Waals surface area contributed by atoms with E-state index in [-0.39, 0.29) is 18.4 Å². The van der Waals surface area contributed by atoms with Gasteiger partial charge in [0.25, 0.3) is 5.91 Å². The molecule has 1 saturated carbocycles.